The highest BCUT2D eigenvalue weighted by Crippen LogP contribution is 2.07. The van der Waals surface area contributed by atoms with Crippen LogP contribution in [0.15, 0.2) is 60.7 Å². The first kappa shape index (κ1) is 29.2. The van der Waals surface area contributed by atoms with Gasteiger partial charge in [0.15, 0.2) is 0 Å². The van der Waals surface area contributed by atoms with E-state index in [1.807, 2.05) is 60.7 Å². The molecule has 0 spiro atoms. The molecule has 37 heavy (non-hydrogen) atoms. The maximum atomic E-state index is 12.9. The minimum absolute atomic E-state index is 0.0475. The molecule has 2 rings (SSSR count). The van der Waals surface area contributed by atoms with Gasteiger partial charge in [-0.3, -0.25) is 9.59 Å². The summed E-state index contributed by atoms with van der Waals surface area (Å²) in [6, 6.07) is 16.6. The number of hydrogen-bond donors (Lipinski definition) is 4. The zero-order valence-electron chi connectivity index (χ0n) is 21.3. The number of rotatable bonds is 14. The molecular weight excluding hydrogens is 476 g/mol. The Morgan fingerprint density at radius 2 is 1.32 bits per heavy atom. The maximum absolute atomic E-state index is 12.9. The molecule has 0 aliphatic rings. The van der Waals surface area contributed by atoms with Crippen molar-refractivity contribution in [3.8, 4) is 0 Å². The summed E-state index contributed by atoms with van der Waals surface area (Å²) in [6.07, 6.45) is -0.00187. The molecule has 0 fully saturated rings. The highest BCUT2D eigenvalue weighted by atomic mass is 16.6. The minimum atomic E-state index is -0.950. The molecule has 0 unspecified atom stereocenters. The van der Waals surface area contributed by atoms with Gasteiger partial charge in [-0.2, -0.15) is 0 Å². The molecule has 0 saturated heterocycles. The van der Waals surface area contributed by atoms with Crippen LogP contribution in [-0.2, 0) is 32.3 Å². The van der Waals surface area contributed by atoms with Gasteiger partial charge in [0, 0.05) is 6.54 Å². The Hall–Kier alpha value is -4.08. The van der Waals surface area contributed by atoms with E-state index < -0.39 is 36.1 Å². The molecule has 0 aromatic heterocycles. The van der Waals surface area contributed by atoms with Gasteiger partial charge in [0.1, 0.15) is 25.3 Å². The van der Waals surface area contributed by atoms with Crippen molar-refractivity contribution in [1.29, 1.82) is 0 Å². The number of nitrogens with two attached hydrogens (primary N) is 1. The van der Waals surface area contributed by atoms with Gasteiger partial charge in [0.25, 0.3) is 0 Å². The molecule has 0 saturated carbocycles. The fraction of sp³-hybridized carbons (Fsp3) is 0.407. The Kier molecular flexibility index (Phi) is 12.5. The van der Waals surface area contributed by atoms with Crippen molar-refractivity contribution < 1.29 is 28.7 Å². The van der Waals surface area contributed by atoms with Crippen molar-refractivity contribution in [3.63, 3.8) is 0 Å². The molecule has 2 atom stereocenters. The smallest absolute Gasteiger partial charge is 0.408 e. The number of hydrogen-bond acceptors (Lipinski definition) is 6. The molecule has 5 N–H and O–H groups in total. The summed E-state index contributed by atoms with van der Waals surface area (Å²) in [5.74, 6) is -1.42. The van der Waals surface area contributed by atoms with Crippen LogP contribution in [0.4, 0.5) is 9.59 Å². The van der Waals surface area contributed by atoms with Crippen LogP contribution in [0.3, 0.4) is 0 Å². The molecule has 2 aromatic rings. The Balaban J connectivity index is 1.83. The van der Waals surface area contributed by atoms with E-state index in [0.29, 0.717) is 19.4 Å². The lowest BCUT2D eigenvalue weighted by Crippen LogP contribution is -2.54. The summed E-state index contributed by atoms with van der Waals surface area (Å²) in [6.45, 7) is 4.06. The second-order valence-corrected chi connectivity index (χ2v) is 8.88. The third kappa shape index (κ3) is 11.5. The fourth-order valence-corrected chi connectivity index (χ4v) is 3.43. The molecule has 0 bridgehead atoms. The number of ether oxygens (including phenoxy) is 2. The van der Waals surface area contributed by atoms with Crippen molar-refractivity contribution in [2.45, 2.75) is 58.4 Å². The molecule has 10 nitrogen and oxygen atoms in total. The Morgan fingerprint density at radius 1 is 0.784 bits per heavy atom. The molecule has 0 radical (unpaired) electrons. The van der Waals surface area contributed by atoms with Crippen molar-refractivity contribution >= 4 is 24.0 Å². The van der Waals surface area contributed by atoms with Gasteiger partial charge in [0.2, 0.25) is 11.8 Å². The number of nitrogens with one attached hydrogen (secondary N) is 3. The van der Waals surface area contributed by atoms with E-state index in [1.54, 1.807) is 13.8 Å². The predicted molar refractivity (Wildman–Crippen MR) is 138 cm³/mol. The summed E-state index contributed by atoms with van der Waals surface area (Å²) in [4.78, 5) is 48.9. The Bertz CT molecular complexity index is 1000. The first-order valence-corrected chi connectivity index (χ1v) is 12.3. The van der Waals surface area contributed by atoms with Crippen LogP contribution in [0.1, 0.15) is 44.2 Å². The van der Waals surface area contributed by atoms with Crippen molar-refractivity contribution in [2.75, 3.05) is 6.54 Å². The number of amides is 4. The van der Waals surface area contributed by atoms with E-state index in [4.69, 9.17) is 15.2 Å². The van der Waals surface area contributed by atoms with Gasteiger partial charge < -0.3 is 31.2 Å². The lowest BCUT2D eigenvalue weighted by Gasteiger charge is -2.23. The van der Waals surface area contributed by atoms with Gasteiger partial charge in [-0.25, -0.2) is 9.59 Å². The second-order valence-electron chi connectivity index (χ2n) is 8.88. The summed E-state index contributed by atoms with van der Waals surface area (Å²) in [7, 11) is 0. The Morgan fingerprint density at radius 3 is 1.84 bits per heavy atom. The molecule has 0 aliphatic carbocycles. The zero-order chi connectivity index (χ0) is 27.0. The highest BCUT2D eigenvalue weighted by Gasteiger charge is 2.27. The standard InChI is InChI=1S/C27H36N4O6/c1-19(2)23(24(28)32)31-25(33)22(30-27(35)37-18-21-13-7-4-8-14-21)15-9-10-16-29-26(34)36-17-20-11-5-3-6-12-20/h3-8,11-14,19,22-23H,9-10,15-18H2,1-2H3,(H2,28,32)(H,29,34)(H,30,35)(H,31,33)/t22-,23-/m0/s1. The second kappa shape index (κ2) is 15.8. The summed E-state index contributed by atoms with van der Waals surface area (Å²) < 4.78 is 10.4. The molecule has 10 heteroatoms. The fourth-order valence-electron chi connectivity index (χ4n) is 3.43. The van der Waals surface area contributed by atoms with Gasteiger partial charge in [-0.1, -0.05) is 74.5 Å². The van der Waals surface area contributed by atoms with Gasteiger partial charge >= 0.3 is 12.2 Å². The van der Waals surface area contributed by atoms with E-state index in [0.717, 1.165) is 11.1 Å². The normalized spacial score (nSPS) is 12.2. The quantitative estimate of drug-likeness (QED) is 0.286. The number of unbranched alkanes of at least 4 members (excludes halogenated alkanes) is 1. The maximum Gasteiger partial charge on any atom is 0.408 e. The Labute approximate surface area is 217 Å². The lowest BCUT2D eigenvalue weighted by atomic mass is 10.0. The number of alkyl carbamates (subject to hydrolysis) is 2. The van der Waals surface area contributed by atoms with Crippen LogP contribution >= 0.6 is 0 Å². The first-order valence-electron chi connectivity index (χ1n) is 12.3. The molecule has 4 amide bonds. The monoisotopic (exact) mass is 512 g/mol. The van der Waals surface area contributed by atoms with Crippen molar-refractivity contribution in [2.24, 2.45) is 11.7 Å². The van der Waals surface area contributed by atoms with E-state index in [1.165, 1.54) is 0 Å². The lowest BCUT2D eigenvalue weighted by molar-refractivity contribution is -0.129. The van der Waals surface area contributed by atoms with Gasteiger partial charge in [0.05, 0.1) is 0 Å². The number of benzene rings is 2. The van der Waals surface area contributed by atoms with Crippen LogP contribution in [0.2, 0.25) is 0 Å². The topological polar surface area (TPSA) is 149 Å². The van der Waals surface area contributed by atoms with E-state index >= 15 is 0 Å². The van der Waals surface area contributed by atoms with Crippen LogP contribution < -0.4 is 21.7 Å². The van der Waals surface area contributed by atoms with Crippen LogP contribution in [0, 0.1) is 5.92 Å². The van der Waals surface area contributed by atoms with E-state index in [-0.39, 0.29) is 25.6 Å². The summed E-state index contributed by atoms with van der Waals surface area (Å²) >= 11 is 0. The number of primary amides is 1. The van der Waals surface area contributed by atoms with Crippen LogP contribution in [0.25, 0.3) is 0 Å². The number of carbonyl (C=O) groups excluding carboxylic acids is 4. The van der Waals surface area contributed by atoms with Crippen LogP contribution in [-0.4, -0.2) is 42.6 Å². The average Bonchev–Trinajstić information content (AvgIpc) is 2.89. The van der Waals surface area contributed by atoms with E-state index in [2.05, 4.69) is 16.0 Å². The van der Waals surface area contributed by atoms with Crippen molar-refractivity contribution in [1.82, 2.24) is 16.0 Å². The molecular formula is C27H36N4O6. The zero-order valence-corrected chi connectivity index (χ0v) is 21.3. The minimum Gasteiger partial charge on any atom is -0.445 e. The first-order chi connectivity index (χ1) is 17.8. The average molecular weight is 513 g/mol. The van der Waals surface area contributed by atoms with Crippen LogP contribution in [0.5, 0.6) is 0 Å². The predicted octanol–water partition coefficient (Wildman–Crippen LogP) is 3.00. The van der Waals surface area contributed by atoms with Crippen molar-refractivity contribution in [3.05, 3.63) is 71.8 Å². The summed E-state index contributed by atoms with van der Waals surface area (Å²) in [5.41, 5.74) is 7.10. The molecule has 200 valence electrons. The third-order valence-corrected chi connectivity index (χ3v) is 5.49. The van der Waals surface area contributed by atoms with Gasteiger partial charge in [-0.15, -0.1) is 0 Å². The summed E-state index contributed by atoms with van der Waals surface area (Å²) in [5, 5.41) is 7.85. The molecule has 2 aromatic carbocycles. The van der Waals surface area contributed by atoms with Gasteiger partial charge in [-0.05, 0) is 36.3 Å². The molecule has 0 aliphatic heterocycles. The number of carbonyl (C=O) groups is 4. The molecule has 0 heterocycles. The SMILES string of the molecule is CC(C)[C@H](NC(=O)[C@H](CCCCNC(=O)OCc1ccccc1)NC(=O)OCc1ccccc1)C(N)=O. The largest absolute Gasteiger partial charge is 0.445 e. The third-order valence-electron chi connectivity index (χ3n) is 5.49. The highest BCUT2D eigenvalue weighted by molar-refractivity contribution is 5.90. The van der Waals surface area contributed by atoms with E-state index in [9.17, 15) is 19.2 Å².